The average Bonchev–Trinajstić information content (AvgIpc) is 2.61. The van der Waals surface area contributed by atoms with Crippen molar-refractivity contribution in [2.75, 3.05) is 6.54 Å². The number of carbonyl (C=O) groups is 4. The van der Waals surface area contributed by atoms with Gasteiger partial charge in [-0.15, -0.1) is 0 Å². The number of amides is 3. The summed E-state index contributed by atoms with van der Waals surface area (Å²) in [4.78, 5) is 48.5. The molecule has 28 heavy (non-hydrogen) atoms. The fourth-order valence-electron chi connectivity index (χ4n) is 2.67. The largest absolute Gasteiger partial charge is 0.480 e. The molecule has 162 valence electrons. The monoisotopic (exact) mass is 400 g/mol. The molecule has 0 aliphatic rings. The summed E-state index contributed by atoms with van der Waals surface area (Å²) < 4.78 is 0. The van der Waals surface area contributed by atoms with Gasteiger partial charge in [0, 0.05) is 0 Å². The number of hydrogen-bond acceptors (Lipinski definition) is 5. The Kier molecular flexibility index (Phi) is 11.4. The van der Waals surface area contributed by atoms with E-state index in [0.717, 1.165) is 0 Å². The van der Waals surface area contributed by atoms with Crippen LogP contribution < -0.4 is 21.7 Å². The van der Waals surface area contributed by atoms with Gasteiger partial charge < -0.3 is 26.8 Å². The topological polar surface area (TPSA) is 151 Å². The first-order chi connectivity index (χ1) is 12.9. The quantitative estimate of drug-likeness (QED) is 0.316. The number of carboxylic acid groups (broad SMARTS) is 1. The lowest BCUT2D eigenvalue weighted by Crippen LogP contribution is -2.59. The highest BCUT2D eigenvalue weighted by Crippen LogP contribution is 2.12. The van der Waals surface area contributed by atoms with E-state index in [1.807, 2.05) is 20.8 Å². The zero-order valence-electron chi connectivity index (χ0n) is 17.7. The summed E-state index contributed by atoms with van der Waals surface area (Å²) in [5.41, 5.74) is 5.30. The van der Waals surface area contributed by atoms with Gasteiger partial charge in [0.25, 0.3) is 0 Å². The Hall–Kier alpha value is -2.16. The Bertz CT molecular complexity index is 550. The fraction of sp³-hybridized carbons (Fsp3) is 0.789. The van der Waals surface area contributed by atoms with E-state index in [1.54, 1.807) is 20.8 Å². The number of nitrogens with two attached hydrogens (primary N) is 1. The van der Waals surface area contributed by atoms with Crippen LogP contribution in [0.15, 0.2) is 0 Å². The van der Waals surface area contributed by atoms with Crippen LogP contribution in [0, 0.1) is 17.8 Å². The molecule has 0 rings (SSSR count). The van der Waals surface area contributed by atoms with Crippen LogP contribution in [0.1, 0.15) is 54.4 Å². The molecule has 0 heterocycles. The molecule has 6 N–H and O–H groups in total. The zero-order valence-corrected chi connectivity index (χ0v) is 17.7. The van der Waals surface area contributed by atoms with Crippen LogP contribution >= 0.6 is 0 Å². The predicted octanol–water partition coefficient (Wildman–Crippen LogP) is 0.232. The molecule has 0 radical (unpaired) electrons. The van der Waals surface area contributed by atoms with Crippen molar-refractivity contribution in [3.63, 3.8) is 0 Å². The highest BCUT2D eigenvalue weighted by molar-refractivity contribution is 5.93. The van der Waals surface area contributed by atoms with Gasteiger partial charge in [-0.1, -0.05) is 48.0 Å². The highest BCUT2D eigenvalue weighted by atomic mass is 16.4. The Balaban J connectivity index is 5.39. The predicted molar refractivity (Wildman–Crippen MR) is 106 cm³/mol. The van der Waals surface area contributed by atoms with Gasteiger partial charge in [0.15, 0.2) is 0 Å². The maximum atomic E-state index is 12.7. The van der Waals surface area contributed by atoms with Gasteiger partial charge in [0.2, 0.25) is 17.7 Å². The van der Waals surface area contributed by atoms with Crippen LogP contribution in [-0.2, 0) is 19.2 Å². The first-order valence-electron chi connectivity index (χ1n) is 9.77. The molecule has 9 nitrogen and oxygen atoms in total. The van der Waals surface area contributed by atoms with Gasteiger partial charge in [0.1, 0.15) is 18.1 Å². The molecule has 0 aliphatic carbocycles. The summed E-state index contributed by atoms with van der Waals surface area (Å²) in [6, 6.07) is -2.79. The molecule has 0 aromatic carbocycles. The second kappa shape index (κ2) is 12.3. The summed E-state index contributed by atoms with van der Waals surface area (Å²) in [5.74, 6) is -3.02. The minimum Gasteiger partial charge on any atom is -0.480 e. The smallest absolute Gasteiger partial charge is 0.326 e. The Morgan fingerprint density at radius 3 is 1.82 bits per heavy atom. The van der Waals surface area contributed by atoms with Crippen molar-refractivity contribution >= 4 is 23.7 Å². The maximum Gasteiger partial charge on any atom is 0.326 e. The number of carboxylic acids is 1. The third-order valence-electron chi connectivity index (χ3n) is 4.57. The van der Waals surface area contributed by atoms with Crippen LogP contribution in [0.5, 0.6) is 0 Å². The molecule has 0 spiro atoms. The fourth-order valence-corrected chi connectivity index (χ4v) is 2.67. The van der Waals surface area contributed by atoms with Gasteiger partial charge in [-0.25, -0.2) is 4.79 Å². The van der Waals surface area contributed by atoms with Gasteiger partial charge in [0.05, 0.1) is 6.54 Å². The van der Waals surface area contributed by atoms with Gasteiger partial charge in [-0.2, -0.15) is 0 Å². The third-order valence-corrected chi connectivity index (χ3v) is 4.57. The molecule has 9 heteroatoms. The van der Waals surface area contributed by atoms with Crippen molar-refractivity contribution in [1.29, 1.82) is 0 Å². The summed E-state index contributed by atoms with van der Waals surface area (Å²) in [5, 5.41) is 17.1. The molecule has 0 saturated heterocycles. The molecule has 0 aromatic heterocycles. The molecule has 0 aromatic rings. The molecule has 4 unspecified atom stereocenters. The van der Waals surface area contributed by atoms with E-state index >= 15 is 0 Å². The average molecular weight is 401 g/mol. The van der Waals surface area contributed by atoms with Crippen LogP contribution in [0.25, 0.3) is 0 Å². The molecule has 3 amide bonds. The molecule has 4 atom stereocenters. The molecular formula is C19H36N4O5. The summed E-state index contributed by atoms with van der Waals surface area (Å²) in [6.45, 7) is 10.7. The Morgan fingerprint density at radius 2 is 1.43 bits per heavy atom. The Labute approximate surface area is 167 Å². The lowest BCUT2D eigenvalue weighted by Gasteiger charge is -2.29. The lowest BCUT2D eigenvalue weighted by molar-refractivity contribution is -0.143. The van der Waals surface area contributed by atoms with Crippen molar-refractivity contribution in [3.8, 4) is 0 Å². The number of rotatable bonds is 12. The van der Waals surface area contributed by atoms with Crippen molar-refractivity contribution in [2.24, 2.45) is 23.5 Å². The normalized spacial score (nSPS) is 15.5. The molecule has 0 saturated carbocycles. The minimum atomic E-state index is -1.12. The number of nitrogens with one attached hydrogen (secondary N) is 3. The molecular weight excluding hydrogens is 364 g/mol. The number of aliphatic carboxylic acids is 1. The maximum absolute atomic E-state index is 12.7. The molecule has 0 aliphatic heterocycles. The minimum absolute atomic E-state index is 0.0786. The first kappa shape index (κ1) is 25.8. The van der Waals surface area contributed by atoms with E-state index in [-0.39, 0.29) is 30.7 Å². The van der Waals surface area contributed by atoms with Crippen LogP contribution in [0.2, 0.25) is 0 Å². The van der Waals surface area contributed by atoms with Gasteiger partial charge in [-0.05, 0) is 24.2 Å². The number of hydrogen-bond donors (Lipinski definition) is 5. The van der Waals surface area contributed by atoms with E-state index in [4.69, 9.17) is 5.73 Å². The number of carbonyl (C=O) groups excluding carboxylic acids is 3. The van der Waals surface area contributed by atoms with Crippen molar-refractivity contribution in [1.82, 2.24) is 16.0 Å². The highest BCUT2D eigenvalue weighted by Gasteiger charge is 2.33. The zero-order chi connectivity index (χ0) is 22.0. The van der Waals surface area contributed by atoms with Crippen molar-refractivity contribution in [2.45, 2.75) is 72.5 Å². The second-order valence-electron chi connectivity index (χ2n) is 7.89. The van der Waals surface area contributed by atoms with Gasteiger partial charge >= 0.3 is 5.97 Å². The van der Waals surface area contributed by atoms with Crippen LogP contribution in [0.3, 0.4) is 0 Å². The second-order valence-corrected chi connectivity index (χ2v) is 7.89. The summed E-state index contributed by atoms with van der Waals surface area (Å²) >= 11 is 0. The van der Waals surface area contributed by atoms with Crippen LogP contribution in [-0.4, -0.2) is 53.5 Å². The summed E-state index contributed by atoms with van der Waals surface area (Å²) in [7, 11) is 0. The van der Waals surface area contributed by atoms with Gasteiger partial charge in [-0.3, -0.25) is 14.4 Å². The van der Waals surface area contributed by atoms with E-state index in [9.17, 15) is 24.3 Å². The van der Waals surface area contributed by atoms with E-state index in [1.165, 1.54) is 0 Å². The molecule has 0 bridgehead atoms. The first-order valence-corrected chi connectivity index (χ1v) is 9.77. The third kappa shape index (κ3) is 8.69. The van der Waals surface area contributed by atoms with E-state index in [0.29, 0.717) is 6.42 Å². The Morgan fingerprint density at radius 1 is 0.893 bits per heavy atom. The lowest BCUT2D eigenvalue weighted by atomic mass is 9.95. The van der Waals surface area contributed by atoms with Crippen molar-refractivity contribution < 1.29 is 24.3 Å². The molecule has 0 fully saturated rings. The standard InChI is InChI=1S/C19H36N4O5/c1-7-12(6)16(18(26)21-13(19(27)28)8-10(2)3)23-17(25)15(11(4)5)22-14(24)9-20/h10-13,15-16H,7-9,20H2,1-6H3,(H,21,26)(H,22,24)(H,23,25)(H,27,28). The van der Waals surface area contributed by atoms with E-state index in [2.05, 4.69) is 16.0 Å². The van der Waals surface area contributed by atoms with E-state index < -0.39 is 41.8 Å². The SMILES string of the molecule is CCC(C)C(NC(=O)C(NC(=O)CN)C(C)C)C(=O)NC(CC(C)C)C(=O)O. The van der Waals surface area contributed by atoms with Crippen molar-refractivity contribution in [3.05, 3.63) is 0 Å². The summed E-state index contributed by atoms with van der Waals surface area (Å²) in [6.07, 6.45) is 0.880. The van der Waals surface area contributed by atoms with Crippen LogP contribution in [0.4, 0.5) is 0 Å².